The van der Waals surface area contributed by atoms with E-state index in [2.05, 4.69) is 26.0 Å². The highest BCUT2D eigenvalue weighted by Gasteiger charge is 2.56. The van der Waals surface area contributed by atoms with Gasteiger partial charge in [-0.25, -0.2) is 0 Å². The third-order valence-electron chi connectivity index (χ3n) is 7.81. The summed E-state index contributed by atoms with van der Waals surface area (Å²) in [6.45, 7) is 5.03. The first-order chi connectivity index (χ1) is 9.53. The first-order valence-electron chi connectivity index (χ1n) is 8.72. The smallest absolute Gasteiger partial charge is 0.133 e. The van der Waals surface area contributed by atoms with Crippen LogP contribution in [0.2, 0.25) is 0 Å². The monoisotopic (exact) mass is 272 g/mol. The average Bonchev–Trinajstić information content (AvgIpc) is 2.81. The van der Waals surface area contributed by atoms with Crippen LogP contribution >= 0.6 is 0 Å². The molecule has 0 aromatic heterocycles. The fourth-order valence-corrected chi connectivity index (χ4v) is 6.53. The van der Waals surface area contributed by atoms with Gasteiger partial charge < -0.3 is 0 Å². The Labute approximate surface area is 123 Å². The molecule has 110 valence electrons. The van der Waals surface area contributed by atoms with Gasteiger partial charge in [-0.15, -0.1) is 0 Å². The highest BCUT2D eigenvalue weighted by Crippen LogP contribution is 2.64. The van der Waals surface area contributed by atoms with Crippen LogP contribution in [0.3, 0.4) is 0 Å². The van der Waals surface area contributed by atoms with Crippen molar-refractivity contribution in [3.05, 3.63) is 12.2 Å². The van der Waals surface area contributed by atoms with Crippen molar-refractivity contribution in [3.8, 4) is 0 Å². The van der Waals surface area contributed by atoms with Gasteiger partial charge in [-0.3, -0.25) is 4.79 Å². The van der Waals surface area contributed by atoms with Crippen molar-refractivity contribution in [1.82, 2.24) is 0 Å². The molecule has 6 atom stereocenters. The maximum absolute atomic E-state index is 11.8. The fourth-order valence-electron chi connectivity index (χ4n) is 6.53. The highest BCUT2D eigenvalue weighted by molar-refractivity contribution is 5.79. The van der Waals surface area contributed by atoms with Gasteiger partial charge in [0.2, 0.25) is 0 Å². The Bertz CT molecular complexity index is 464. The van der Waals surface area contributed by atoms with Crippen LogP contribution in [0, 0.1) is 34.5 Å². The van der Waals surface area contributed by atoms with Crippen molar-refractivity contribution in [2.24, 2.45) is 34.5 Å². The first kappa shape index (κ1) is 13.1. The molecule has 0 bridgehead atoms. The summed E-state index contributed by atoms with van der Waals surface area (Å²) < 4.78 is 0. The molecule has 0 amide bonds. The fraction of sp³-hybridized carbons (Fsp3) is 0.842. The summed E-state index contributed by atoms with van der Waals surface area (Å²) in [4.78, 5) is 11.8. The molecule has 0 radical (unpaired) electrons. The Hall–Kier alpha value is -0.590. The molecule has 4 rings (SSSR count). The average molecular weight is 272 g/mol. The van der Waals surface area contributed by atoms with Crippen LogP contribution in [0.25, 0.3) is 0 Å². The van der Waals surface area contributed by atoms with Crippen LogP contribution in [0.4, 0.5) is 0 Å². The molecular weight excluding hydrogens is 244 g/mol. The number of carbonyl (C=O) groups excluding carboxylic acids is 1. The number of ketones is 1. The molecule has 0 saturated heterocycles. The van der Waals surface area contributed by atoms with E-state index in [1.165, 1.54) is 38.5 Å². The summed E-state index contributed by atoms with van der Waals surface area (Å²) >= 11 is 0. The van der Waals surface area contributed by atoms with Gasteiger partial charge in [-0.1, -0.05) is 26.0 Å². The number of hydrogen-bond donors (Lipinski definition) is 0. The van der Waals surface area contributed by atoms with E-state index in [1.807, 2.05) is 0 Å². The molecule has 20 heavy (non-hydrogen) atoms. The van der Waals surface area contributed by atoms with Crippen molar-refractivity contribution in [2.45, 2.75) is 65.2 Å². The third kappa shape index (κ3) is 1.64. The zero-order valence-electron chi connectivity index (χ0n) is 13.0. The highest BCUT2D eigenvalue weighted by atomic mass is 16.1. The number of rotatable bonds is 0. The molecule has 1 heteroatoms. The van der Waals surface area contributed by atoms with Gasteiger partial charge in [0.25, 0.3) is 0 Å². The topological polar surface area (TPSA) is 17.1 Å². The second-order valence-corrected chi connectivity index (χ2v) is 8.58. The lowest BCUT2D eigenvalue weighted by molar-refractivity contribution is -0.136. The number of allylic oxidation sites excluding steroid dienone is 2. The van der Waals surface area contributed by atoms with Crippen LogP contribution in [0.1, 0.15) is 65.2 Å². The lowest BCUT2D eigenvalue weighted by atomic mass is 9.45. The molecule has 0 aromatic carbocycles. The summed E-state index contributed by atoms with van der Waals surface area (Å²) in [7, 11) is 0. The summed E-state index contributed by atoms with van der Waals surface area (Å²) in [6, 6.07) is 0. The summed E-state index contributed by atoms with van der Waals surface area (Å²) in [5.41, 5.74) is 0.968. The molecule has 5 unspecified atom stereocenters. The Kier molecular flexibility index (Phi) is 2.76. The number of hydrogen-bond acceptors (Lipinski definition) is 1. The SMILES string of the molecule is CC12C=CCC1C1CC[C@H]3CC(=O)CCC3(C)C1CC2. The van der Waals surface area contributed by atoms with E-state index >= 15 is 0 Å². The largest absolute Gasteiger partial charge is 0.300 e. The van der Waals surface area contributed by atoms with Crippen molar-refractivity contribution in [2.75, 3.05) is 0 Å². The second kappa shape index (κ2) is 4.21. The van der Waals surface area contributed by atoms with Gasteiger partial charge in [0.15, 0.2) is 0 Å². The van der Waals surface area contributed by atoms with Crippen LogP contribution in [-0.2, 0) is 4.79 Å². The molecule has 0 N–H and O–H groups in total. The normalized spacial score (nSPS) is 54.2. The standard InChI is InChI=1S/C19H28O/c1-18-9-3-4-16(18)15-6-5-13-12-14(20)7-11-19(13,2)17(15)8-10-18/h3,9,13,15-17H,4-8,10-12H2,1-2H3/t13-,15?,16?,17?,18?,19?/m0/s1. The molecule has 0 aliphatic heterocycles. The van der Waals surface area contributed by atoms with E-state index in [1.54, 1.807) is 0 Å². The predicted octanol–water partition coefficient (Wildman–Crippen LogP) is 4.76. The minimum Gasteiger partial charge on any atom is -0.300 e. The van der Waals surface area contributed by atoms with E-state index < -0.39 is 0 Å². The summed E-state index contributed by atoms with van der Waals surface area (Å²) in [6.07, 6.45) is 14.7. The molecule has 4 aliphatic carbocycles. The lowest BCUT2D eigenvalue weighted by Crippen LogP contribution is -2.52. The van der Waals surface area contributed by atoms with Gasteiger partial charge in [0, 0.05) is 12.8 Å². The van der Waals surface area contributed by atoms with Crippen molar-refractivity contribution in [3.63, 3.8) is 0 Å². The number of Topliss-reactive ketones (excluding diaryl/α,β-unsaturated/α-hetero) is 1. The number of fused-ring (bicyclic) bond motifs is 5. The zero-order valence-corrected chi connectivity index (χ0v) is 13.0. The Morgan fingerprint density at radius 3 is 2.80 bits per heavy atom. The lowest BCUT2D eigenvalue weighted by Gasteiger charge is -2.59. The van der Waals surface area contributed by atoms with E-state index in [0.29, 0.717) is 22.5 Å². The Morgan fingerprint density at radius 2 is 1.95 bits per heavy atom. The maximum atomic E-state index is 11.8. The zero-order chi connectivity index (χ0) is 14.0. The van der Waals surface area contributed by atoms with Gasteiger partial charge in [-0.05, 0) is 73.0 Å². The van der Waals surface area contributed by atoms with Crippen molar-refractivity contribution >= 4 is 5.78 Å². The van der Waals surface area contributed by atoms with E-state index in [-0.39, 0.29) is 0 Å². The minimum absolute atomic E-state index is 0.473. The van der Waals surface area contributed by atoms with Gasteiger partial charge in [-0.2, -0.15) is 0 Å². The quantitative estimate of drug-likeness (QED) is 0.581. The summed E-state index contributed by atoms with van der Waals surface area (Å²) in [5, 5.41) is 0. The molecule has 1 nitrogen and oxygen atoms in total. The van der Waals surface area contributed by atoms with Crippen LogP contribution in [0.15, 0.2) is 12.2 Å². The Balaban J connectivity index is 1.64. The van der Waals surface area contributed by atoms with Gasteiger partial charge in [0.05, 0.1) is 0 Å². The minimum atomic E-state index is 0.473. The molecule has 3 fully saturated rings. The Morgan fingerprint density at radius 1 is 1.10 bits per heavy atom. The molecule has 3 saturated carbocycles. The number of carbonyl (C=O) groups is 1. The van der Waals surface area contributed by atoms with Crippen LogP contribution < -0.4 is 0 Å². The van der Waals surface area contributed by atoms with Crippen LogP contribution in [-0.4, -0.2) is 5.78 Å². The molecule has 4 aliphatic rings. The summed E-state index contributed by atoms with van der Waals surface area (Å²) in [5.74, 6) is 3.96. The third-order valence-corrected chi connectivity index (χ3v) is 7.81. The predicted molar refractivity (Wildman–Crippen MR) is 81.3 cm³/mol. The molecule has 0 aromatic rings. The first-order valence-corrected chi connectivity index (χ1v) is 8.72. The molecule has 0 spiro atoms. The van der Waals surface area contributed by atoms with Gasteiger partial charge in [0.1, 0.15) is 5.78 Å². The van der Waals surface area contributed by atoms with Crippen molar-refractivity contribution < 1.29 is 4.79 Å². The van der Waals surface area contributed by atoms with Gasteiger partial charge >= 0.3 is 0 Å². The van der Waals surface area contributed by atoms with Crippen molar-refractivity contribution in [1.29, 1.82) is 0 Å². The van der Waals surface area contributed by atoms with Crippen LogP contribution in [0.5, 0.6) is 0 Å². The second-order valence-electron chi connectivity index (χ2n) is 8.58. The van der Waals surface area contributed by atoms with E-state index in [0.717, 1.165) is 30.6 Å². The van der Waals surface area contributed by atoms with E-state index in [4.69, 9.17) is 0 Å². The molecular formula is C19H28O. The molecule has 0 heterocycles. The van der Waals surface area contributed by atoms with E-state index in [9.17, 15) is 4.79 Å². The maximum Gasteiger partial charge on any atom is 0.133 e.